The molecule has 3 aliphatic carbocycles. The van der Waals surface area contributed by atoms with Gasteiger partial charge in [0.25, 0.3) is 0 Å². The number of Topliss-reactive ketones (excluding diaryl/α,β-unsaturated/α-hetero) is 2. The minimum atomic E-state index is -0.550. The smallest absolute Gasteiger partial charge is 0.343 e. The Labute approximate surface area is 201 Å². The minimum absolute atomic E-state index is 0.00885. The van der Waals surface area contributed by atoms with E-state index in [-0.39, 0.29) is 29.3 Å². The van der Waals surface area contributed by atoms with Gasteiger partial charge in [0, 0.05) is 5.41 Å². The van der Waals surface area contributed by atoms with E-state index < -0.39 is 17.2 Å². The number of hydrogen-bond donors (Lipinski definition) is 1. The fourth-order valence-electron chi connectivity index (χ4n) is 5.78. The number of rotatable bonds is 10. The van der Waals surface area contributed by atoms with Crippen LogP contribution in [0.2, 0.25) is 0 Å². The third-order valence-corrected chi connectivity index (χ3v) is 8.11. The van der Waals surface area contributed by atoms with E-state index in [0.717, 1.165) is 38.5 Å². The monoisotopic (exact) mass is 462 g/mol. The number of fused-ring (bicyclic) bond motifs is 3. The Bertz CT molecular complexity index is 1030. The maximum Gasteiger partial charge on any atom is 0.343 e. The molecule has 0 aromatic heterocycles. The summed E-state index contributed by atoms with van der Waals surface area (Å²) in [5, 5.41) is 10.3. The Morgan fingerprint density at radius 3 is 2.24 bits per heavy atom. The van der Waals surface area contributed by atoms with Crippen LogP contribution in [0.1, 0.15) is 98.3 Å². The fourth-order valence-corrected chi connectivity index (χ4v) is 5.78. The highest BCUT2D eigenvalue weighted by Crippen LogP contribution is 2.59. The van der Waals surface area contributed by atoms with Crippen LogP contribution in [-0.2, 0) is 4.79 Å². The second-order valence-corrected chi connectivity index (χ2v) is 10.2. The van der Waals surface area contributed by atoms with Gasteiger partial charge in [-0.25, -0.2) is 4.79 Å². The second kappa shape index (κ2) is 10.1. The number of ether oxygens (including phenoxy) is 1. The van der Waals surface area contributed by atoms with E-state index >= 15 is 0 Å². The first-order chi connectivity index (χ1) is 16.4. The molecule has 3 aliphatic rings. The molecular formula is C29H34O5. The first-order valence-electron chi connectivity index (χ1n) is 12.5. The summed E-state index contributed by atoms with van der Waals surface area (Å²) in [6, 6.07) is 12.7. The van der Waals surface area contributed by atoms with Crippen molar-refractivity contribution in [2.75, 3.05) is 0 Å². The summed E-state index contributed by atoms with van der Waals surface area (Å²) in [4.78, 5) is 38.6. The van der Waals surface area contributed by atoms with E-state index in [1.807, 2.05) is 0 Å². The zero-order valence-corrected chi connectivity index (χ0v) is 20.0. The predicted molar refractivity (Wildman–Crippen MR) is 130 cm³/mol. The van der Waals surface area contributed by atoms with Crippen molar-refractivity contribution in [3.8, 4) is 11.5 Å². The lowest BCUT2D eigenvalue weighted by Gasteiger charge is -2.53. The summed E-state index contributed by atoms with van der Waals surface area (Å²) in [6.07, 6.45) is 10.6. The van der Waals surface area contributed by atoms with Gasteiger partial charge in [-0.1, -0.05) is 44.4 Å². The SMILES string of the molecule is CCCCCC12CCC(C(=O)CC(=O)c3cc(OC(=O)c4ccccc4)ccc3O)(CC1)CC2. The highest BCUT2D eigenvalue weighted by Gasteiger charge is 2.51. The molecule has 0 aliphatic heterocycles. The molecular weight excluding hydrogens is 428 g/mol. The molecule has 2 bridgehead atoms. The maximum atomic E-state index is 13.3. The fraction of sp³-hybridized carbons (Fsp3) is 0.483. The maximum absolute atomic E-state index is 13.3. The number of aromatic hydroxyl groups is 1. The van der Waals surface area contributed by atoms with Gasteiger partial charge in [0.1, 0.15) is 17.3 Å². The minimum Gasteiger partial charge on any atom is -0.507 e. The van der Waals surface area contributed by atoms with E-state index in [9.17, 15) is 19.5 Å². The van der Waals surface area contributed by atoms with Crippen molar-refractivity contribution >= 4 is 17.5 Å². The average molecular weight is 463 g/mol. The lowest BCUT2D eigenvalue weighted by Crippen LogP contribution is -2.46. The summed E-state index contributed by atoms with van der Waals surface area (Å²) in [5.74, 6) is -1.04. The van der Waals surface area contributed by atoms with Gasteiger partial charge < -0.3 is 9.84 Å². The third-order valence-electron chi connectivity index (χ3n) is 8.11. The van der Waals surface area contributed by atoms with Crippen molar-refractivity contribution in [1.29, 1.82) is 0 Å². The quantitative estimate of drug-likeness (QED) is 0.140. The molecule has 1 N–H and O–H groups in total. The van der Waals surface area contributed by atoms with Crippen LogP contribution in [-0.4, -0.2) is 22.6 Å². The van der Waals surface area contributed by atoms with Crippen molar-refractivity contribution in [2.24, 2.45) is 10.8 Å². The number of carbonyl (C=O) groups excluding carboxylic acids is 3. The van der Waals surface area contributed by atoms with Crippen molar-refractivity contribution in [3.05, 3.63) is 59.7 Å². The standard InChI is InChI=1S/C29H34O5/c1-2-3-7-12-28-13-16-29(17-14-28,18-15-28)26(32)20-25(31)23-19-22(10-11-24(23)30)34-27(33)21-8-5-4-6-9-21/h4-6,8-11,19,30H,2-3,7,12-18,20H2,1H3. The van der Waals surface area contributed by atoms with Gasteiger partial charge in [-0.2, -0.15) is 0 Å². The molecule has 0 unspecified atom stereocenters. The molecule has 5 heteroatoms. The lowest BCUT2D eigenvalue weighted by molar-refractivity contribution is -0.137. The van der Waals surface area contributed by atoms with Crippen LogP contribution in [0.5, 0.6) is 11.5 Å². The van der Waals surface area contributed by atoms with E-state index in [1.165, 1.54) is 43.9 Å². The summed E-state index contributed by atoms with van der Waals surface area (Å²) in [7, 11) is 0. The van der Waals surface area contributed by atoms with E-state index in [4.69, 9.17) is 4.74 Å². The Hall–Kier alpha value is -2.95. The largest absolute Gasteiger partial charge is 0.507 e. The van der Waals surface area contributed by atoms with E-state index in [1.54, 1.807) is 30.3 Å². The van der Waals surface area contributed by atoms with Crippen molar-refractivity contribution in [1.82, 2.24) is 0 Å². The highest BCUT2D eigenvalue weighted by molar-refractivity contribution is 6.11. The Balaban J connectivity index is 1.40. The third kappa shape index (κ3) is 5.08. The van der Waals surface area contributed by atoms with Crippen LogP contribution in [0, 0.1) is 10.8 Å². The van der Waals surface area contributed by atoms with E-state index in [0.29, 0.717) is 11.0 Å². The Kier molecular flexibility index (Phi) is 7.20. The number of unbranched alkanes of at least 4 members (excludes halogenated alkanes) is 2. The molecule has 2 aromatic carbocycles. The Morgan fingerprint density at radius 2 is 1.59 bits per heavy atom. The highest BCUT2D eigenvalue weighted by atomic mass is 16.5. The summed E-state index contributed by atoms with van der Waals surface area (Å²) >= 11 is 0. The van der Waals surface area contributed by atoms with E-state index in [2.05, 4.69) is 6.92 Å². The van der Waals surface area contributed by atoms with Gasteiger partial charge >= 0.3 is 5.97 Å². The summed E-state index contributed by atoms with van der Waals surface area (Å²) in [6.45, 7) is 2.22. The second-order valence-electron chi connectivity index (χ2n) is 10.2. The van der Waals surface area contributed by atoms with Gasteiger partial charge in [0.05, 0.1) is 17.5 Å². The van der Waals surface area contributed by atoms with Crippen LogP contribution < -0.4 is 4.74 Å². The van der Waals surface area contributed by atoms with Gasteiger partial charge in [0.15, 0.2) is 5.78 Å². The molecule has 0 amide bonds. The lowest BCUT2D eigenvalue weighted by atomic mass is 9.51. The van der Waals surface area contributed by atoms with Gasteiger partial charge in [-0.15, -0.1) is 0 Å². The molecule has 180 valence electrons. The normalized spacial score (nSPS) is 23.4. The van der Waals surface area contributed by atoms with Crippen LogP contribution in [0.4, 0.5) is 0 Å². The number of hydrogen-bond acceptors (Lipinski definition) is 5. The van der Waals surface area contributed by atoms with Crippen LogP contribution >= 0.6 is 0 Å². The van der Waals surface area contributed by atoms with Gasteiger partial charge in [-0.3, -0.25) is 9.59 Å². The summed E-state index contributed by atoms with van der Waals surface area (Å²) < 4.78 is 5.38. The molecule has 3 saturated carbocycles. The molecule has 2 aromatic rings. The number of phenolic OH excluding ortho intramolecular Hbond substituents is 1. The molecule has 0 saturated heterocycles. The number of esters is 1. The zero-order chi connectivity index (χ0) is 24.2. The molecule has 3 fully saturated rings. The van der Waals surface area contributed by atoms with Gasteiger partial charge in [-0.05, 0) is 80.7 Å². The number of carbonyl (C=O) groups is 3. The molecule has 0 spiro atoms. The van der Waals surface area contributed by atoms with Crippen molar-refractivity contribution in [2.45, 2.75) is 77.6 Å². The molecule has 34 heavy (non-hydrogen) atoms. The average Bonchev–Trinajstić information content (AvgIpc) is 2.87. The number of phenols is 1. The molecule has 0 radical (unpaired) electrons. The topological polar surface area (TPSA) is 80.7 Å². The first-order valence-corrected chi connectivity index (χ1v) is 12.5. The van der Waals surface area contributed by atoms with Crippen LogP contribution in [0.3, 0.4) is 0 Å². The van der Waals surface area contributed by atoms with Gasteiger partial charge in [0.2, 0.25) is 0 Å². The molecule has 5 nitrogen and oxygen atoms in total. The zero-order valence-electron chi connectivity index (χ0n) is 20.0. The van der Waals surface area contributed by atoms with Crippen molar-refractivity contribution in [3.63, 3.8) is 0 Å². The van der Waals surface area contributed by atoms with Crippen LogP contribution in [0.25, 0.3) is 0 Å². The molecule has 0 atom stereocenters. The van der Waals surface area contributed by atoms with Crippen LogP contribution in [0.15, 0.2) is 48.5 Å². The molecule has 0 heterocycles. The number of ketones is 2. The first kappa shape index (κ1) is 24.2. The number of benzene rings is 2. The Morgan fingerprint density at radius 1 is 0.912 bits per heavy atom. The molecule has 5 rings (SSSR count). The van der Waals surface area contributed by atoms with Crippen molar-refractivity contribution < 1.29 is 24.2 Å². The summed E-state index contributed by atoms with van der Waals surface area (Å²) in [5.41, 5.74) is 0.410. The predicted octanol–water partition coefficient (Wildman–Crippen LogP) is 6.67.